The second-order valence-corrected chi connectivity index (χ2v) is 5.57. The van der Waals surface area contributed by atoms with Crippen molar-refractivity contribution in [2.75, 3.05) is 5.32 Å². The molecule has 4 heteroatoms. The second kappa shape index (κ2) is 7.07. The summed E-state index contributed by atoms with van der Waals surface area (Å²) in [6, 6.07) is 7.48. The molecule has 0 saturated carbocycles. The molecule has 21 heavy (non-hydrogen) atoms. The minimum Gasteiger partial charge on any atom is -0.350 e. The highest BCUT2D eigenvalue weighted by molar-refractivity contribution is 5.88. The maximum Gasteiger partial charge on any atom is 0.221 e. The Morgan fingerprint density at radius 2 is 2.19 bits per heavy atom. The Morgan fingerprint density at radius 1 is 1.38 bits per heavy atom. The van der Waals surface area contributed by atoms with Gasteiger partial charge in [-0.25, -0.2) is 0 Å². The number of amides is 2. The molecule has 1 aromatic rings. The molecule has 2 N–H and O–H groups in total. The Morgan fingerprint density at radius 3 is 2.86 bits per heavy atom. The van der Waals surface area contributed by atoms with Crippen molar-refractivity contribution in [1.82, 2.24) is 5.32 Å². The van der Waals surface area contributed by atoms with Crippen LogP contribution in [-0.2, 0) is 9.59 Å². The number of anilines is 1. The molecule has 2 amide bonds. The first-order valence-corrected chi connectivity index (χ1v) is 7.38. The average Bonchev–Trinajstić information content (AvgIpc) is 2.90. The molecule has 1 aliphatic carbocycles. The SMILES string of the molecule is CC(=O)Nc1cccc([C@H](C)NC(=O)C[C@H]2C=CCC2)c1. The van der Waals surface area contributed by atoms with Crippen LogP contribution < -0.4 is 10.6 Å². The van der Waals surface area contributed by atoms with Gasteiger partial charge in [-0.05, 0) is 43.4 Å². The smallest absolute Gasteiger partial charge is 0.221 e. The zero-order valence-electron chi connectivity index (χ0n) is 12.6. The summed E-state index contributed by atoms with van der Waals surface area (Å²) in [5, 5.41) is 5.77. The van der Waals surface area contributed by atoms with Gasteiger partial charge in [0, 0.05) is 19.0 Å². The molecular formula is C17H22N2O2. The van der Waals surface area contributed by atoms with E-state index in [4.69, 9.17) is 0 Å². The molecule has 0 spiro atoms. The van der Waals surface area contributed by atoms with Crippen molar-refractivity contribution < 1.29 is 9.59 Å². The molecular weight excluding hydrogens is 264 g/mol. The van der Waals surface area contributed by atoms with E-state index >= 15 is 0 Å². The first-order chi connectivity index (χ1) is 10.0. The second-order valence-electron chi connectivity index (χ2n) is 5.57. The zero-order chi connectivity index (χ0) is 15.2. The van der Waals surface area contributed by atoms with Crippen molar-refractivity contribution in [2.24, 2.45) is 5.92 Å². The van der Waals surface area contributed by atoms with Crippen molar-refractivity contribution in [3.05, 3.63) is 42.0 Å². The Hall–Kier alpha value is -2.10. The Bertz CT molecular complexity index is 551. The molecule has 2 atom stereocenters. The molecule has 0 heterocycles. The number of carbonyl (C=O) groups is 2. The van der Waals surface area contributed by atoms with Crippen LogP contribution in [0.5, 0.6) is 0 Å². The van der Waals surface area contributed by atoms with Gasteiger partial charge in [-0.15, -0.1) is 0 Å². The third-order valence-electron chi connectivity index (χ3n) is 3.64. The number of rotatable bonds is 5. The standard InChI is InChI=1S/C17H22N2O2/c1-12(18-17(21)10-14-6-3-4-7-14)15-8-5-9-16(11-15)19-13(2)20/h3,5-6,8-9,11-12,14H,4,7,10H2,1-2H3,(H,18,21)(H,19,20)/t12-,14-/m0/s1. The van der Waals surface area contributed by atoms with E-state index in [0.29, 0.717) is 12.3 Å². The Kier molecular flexibility index (Phi) is 5.14. The summed E-state index contributed by atoms with van der Waals surface area (Å²) in [4.78, 5) is 23.1. The van der Waals surface area contributed by atoms with E-state index < -0.39 is 0 Å². The quantitative estimate of drug-likeness (QED) is 0.817. The van der Waals surface area contributed by atoms with Gasteiger partial charge >= 0.3 is 0 Å². The third-order valence-corrected chi connectivity index (χ3v) is 3.64. The fourth-order valence-corrected chi connectivity index (χ4v) is 2.58. The van der Waals surface area contributed by atoms with E-state index in [1.807, 2.05) is 31.2 Å². The van der Waals surface area contributed by atoms with Gasteiger partial charge in [0.1, 0.15) is 0 Å². The van der Waals surface area contributed by atoms with Crippen LogP contribution in [0.15, 0.2) is 36.4 Å². The molecule has 1 aromatic carbocycles. The van der Waals surface area contributed by atoms with E-state index in [-0.39, 0.29) is 17.9 Å². The minimum atomic E-state index is -0.100. The summed E-state index contributed by atoms with van der Waals surface area (Å²) in [6.07, 6.45) is 6.96. The maximum atomic E-state index is 12.0. The van der Waals surface area contributed by atoms with Crippen molar-refractivity contribution in [3.8, 4) is 0 Å². The first kappa shape index (κ1) is 15.3. The van der Waals surface area contributed by atoms with Gasteiger partial charge in [-0.2, -0.15) is 0 Å². The molecule has 0 aliphatic heterocycles. The van der Waals surface area contributed by atoms with Gasteiger partial charge in [0.25, 0.3) is 0 Å². The van der Waals surface area contributed by atoms with Gasteiger partial charge in [-0.1, -0.05) is 24.3 Å². The summed E-state index contributed by atoms with van der Waals surface area (Å²) in [5.74, 6) is 0.351. The predicted octanol–water partition coefficient (Wildman–Crippen LogP) is 3.18. The number of hydrogen-bond acceptors (Lipinski definition) is 2. The molecule has 112 valence electrons. The van der Waals surface area contributed by atoms with Gasteiger partial charge in [0.05, 0.1) is 6.04 Å². The predicted molar refractivity (Wildman–Crippen MR) is 83.8 cm³/mol. The molecule has 0 unspecified atom stereocenters. The highest BCUT2D eigenvalue weighted by atomic mass is 16.2. The van der Waals surface area contributed by atoms with Crippen LogP contribution in [0, 0.1) is 5.92 Å². The number of benzene rings is 1. The van der Waals surface area contributed by atoms with E-state index in [2.05, 4.69) is 22.8 Å². The molecule has 0 aromatic heterocycles. The van der Waals surface area contributed by atoms with Crippen molar-refractivity contribution in [3.63, 3.8) is 0 Å². The summed E-state index contributed by atoms with van der Waals surface area (Å²) in [7, 11) is 0. The normalized spacial score (nSPS) is 18.3. The van der Waals surface area contributed by atoms with E-state index in [1.165, 1.54) is 6.92 Å². The molecule has 2 rings (SSSR count). The molecule has 1 aliphatic rings. The largest absolute Gasteiger partial charge is 0.350 e. The van der Waals surface area contributed by atoms with Gasteiger partial charge in [-0.3, -0.25) is 9.59 Å². The summed E-state index contributed by atoms with van der Waals surface area (Å²) >= 11 is 0. The van der Waals surface area contributed by atoms with Crippen molar-refractivity contribution in [2.45, 2.75) is 39.2 Å². The topological polar surface area (TPSA) is 58.2 Å². The molecule has 0 radical (unpaired) electrons. The van der Waals surface area contributed by atoms with Crippen LogP contribution in [0.25, 0.3) is 0 Å². The van der Waals surface area contributed by atoms with E-state index in [1.54, 1.807) is 0 Å². The fourth-order valence-electron chi connectivity index (χ4n) is 2.58. The highest BCUT2D eigenvalue weighted by Gasteiger charge is 2.16. The van der Waals surface area contributed by atoms with Crippen LogP contribution in [0.4, 0.5) is 5.69 Å². The summed E-state index contributed by atoms with van der Waals surface area (Å²) in [5.41, 5.74) is 1.73. The van der Waals surface area contributed by atoms with Crippen molar-refractivity contribution in [1.29, 1.82) is 0 Å². The number of nitrogens with one attached hydrogen (secondary N) is 2. The number of hydrogen-bond donors (Lipinski definition) is 2. The van der Waals surface area contributed by atoms with Gasteiger partial charge < -0.3 is 10.6 Å². The number of allylic oxidation sites excluding steroid dienone is 2. The third kappa shape index (κ3) is 4.74. The lowest BCUT2D eigenvalue weighted by atomic mass is 10.0. The monoisotopic (exact) mass is 286 g/mol. The van der Waals surface area contributed by atoms with Crippen LogP contribution in [0.2, 0.25) is 0 Å². The minimum absolute atomic E-state index is 0.0726. The van der Waals surface area contributed by atoms with Gasteiger partial charge in [0.15, 0.2) is 0 Å². The Labute approximate surface area is 125 Å². The molecule has 0 bridgehead atoms. The lowest BCUT2D eigenvalue weighted by Gasteiger charge is -2.16. The van der Waals surface area contributed by atoms with Gasteiger partial charge in [0.2, 0.25) is 11.8 Å². The molecule has 0 saturated heterocycles. The van der Waals surface area contributed by atoms with Crippen LogP contribution in [-0.4, -0.2) is 11.8 Å². The van der Waals surface area contributed by atoms with Crippen LogP contribution in [0.3, 0.4) is 0 Å². The maximum absolute atomic E-state index is 12.0. The zero-order valence-corrected chi connectivity index (χ0v) is 12.6. The van der Waals surface area contributed by atoms with Crippen molar-refractivity contribution >= 4 is 17.5 Å². The lowest BCUT2D eigenvalue weighted by molar-refractivity contribution is -0.122. The molecule has 0 fully saturated rings. The van der Waals surface area contributed by atoms with E-state index in [0.717, 1.165) is 24.1 Å². The summed E-state index contributed by atoms with van der Waals surface area (Å²) in [6.45, 7) is 3.43. The first-order valence-electron chi connectivity index (χ1n) is 7.38. The van der Waals surface area contributed by atoms with Crippen LogP contribution in [0.1, 0.15) is 44.7 Å². The number of carbonyl (C=O) groups excluding carboxylic acids is 2. The fraction of sp³-hybridized carbons (Fsp3) is 0.412. The highest BCUT2D eigenvalue weighted by Crippen LogP contribution is 2.21. The Balaban J connectivity index is 1.92. The molecule has 4 nitrogen and oxygen atoms in total. The van der Waals surface area contributed by atoms with E-state index in [9.17, 15) is 9.59 Å². The average molecular weight is 286 g/mol. The lowest BCUT2D eigenvalue weighted by Crippen LogP contribution is -2.27. The summed E-state index contributed by atoms with van der Waals surface area (Å²) < 4.78 is 0. The van der Waals surface area contributed by atoms with Crippen LogP contribution >= 0.6 is 0 Å².